The van der Waals surface area contributed by atoms with Crippen LogP contribution in [0.5, 0.6) is 0 Å². The summed E-state index contributed by atoms with van der Waals surface area (Å²) in [6, 6.07) is 1.86. The van der Waals surface area contributed by atoms with Crippen LogP contribution in [0, 0.1) is 0 Å². The number of amides is 1. The molecular formula is C14H19N3O4. The van der Waals surface area contributed by atoms with E-state index in [0.717, 1.165) is 18.5 Å². The highest BCUT2D eigenvalue weighted by molar-refractivity contribution is 5.80. The van der Waals surface area contributed by atoms with E-state index in [-0.39, 0.29) is 24.9 Å². The number of morpholine rings is 1. The van der Waals surface area contributed by atoms with E-state index in [0.29, 0.717) is 19.7 Å². The van der Waals surface area contributed by atoms with Crippen molar-refractivity contribution >= 4 is 11.9 Å². The fourth-order valence-electron chi connectivity index (χ4n) is 2.27. The summed E-state index contributed by atoms with van der Waals surface area (Å²) in [5.74, 6) is -1.07. The summed E-state index contributed by atoms with van der Waals surface area (Å²) < 4.78 is 5.65. The first-order valence-electron chi connectivity index (χ1n) is 7.01. The number of rotatable bonds is 6. The molecule has 1 aliphatic heterocycles. The molecule has 0 aromatic carbocycles. The molecule has 1 aliphatic rings. The Morgan fingerprint density at radius 1 is 1.43 bits per heavy atom. The topological polar surface area (TPSA) is 92.6 Å². The van der Waals surface area contributed by atoms with Crippen molar-refractivity contribution in [1.82, 2.24) is 14.9 Å². The van der Waals surface area contributed by atoms with Crippen LogP contribution in [0.1, 0.15) is 25.0 Å². The molecule has 0 unspecified atom stereocenters. The molecule has 0 saturated carbocycles. The molecule has 1 N–H and O–H groups in total. The number of nitrogens with zero attached hydrogens (tertiary/aromatic N) is 3. The van der Waals surface area contributed by atoms with Gasteiger partial charge in [-0.2, -0.15) is 0 Å². The first-order valence-corrected chi connectivity index (χ1v) is 7.01. The quantitative estimate of drug-likeness (QED) is 0.821. The first-order chi connectivity index (χ1) is 10.1. The van der Waals surface area contributed by atoms with E-state index in [9.17, 15) is 9.59 Å². The Labute approximate surface area is 123 Å². The predicted molar refractivity (Wildman–Crippen MR) is 73.5 cm³/mol. The van der Waals surface area contributed by atoms with Gasteiger partial charge in [0, 0.05) is 31.4 Å². The van der Waals surface area contributed by atoms with Gasteiger partial charge in [-0.05, 0) is 18.9 Å². The third-order valence-electron chi connectivity index (χ3n) is 3.41. The van der Waals surface area contributed by atoms with Gasteiger partial charge in [0.15, 0.2) is 0 Å². The van der Waals surface area contributed by atoms with E-state index in [4.69, 9.17) is 9.84 Å². The van der Waals surface area contributed by atoms with E-state index in [1.165, 1.54) is 6.33 Å². The van der Waals surface area contributed by atoms with Crippen molar-refractivity contribution in [1.29, 1.82) is 0 Å². The zero-order chi connectivity index (χ0) is 15.1. The highest BCUT2D eigenvalue weighted by Crippen LogP contribution is 2.13. The average Bonchev–Trinajstić information content (AvgIpc) is 2.52. The van der Waals surface area contributed by atoms with Crippen LogP contribution >= 0.6 is 0 Å². The van der Waals surface area contributed by atoms with Gasteiger partial charge in [-0.15, -0.1) is 0 Å². The van der Waals surface area contributed by atoms with Crippen LogP contribution in [0.25, 0.3) is 0 Å². The van der Waals surface area contributed by atoms with Gasteiger partial charge < -0.3 is 14.7 Å². The molecule has 1 atom stereocenters. The van der Waals surface area contributed by atoms with Crippen molar-refractivity contribution in [2.24, 2.45) is 0 Å². The summed E-state index contributed by atoms with van der Waals surface area (Å²) in [4.78, 5) is 32.1. The molecule has 1 amide bonds. The highest BCUT2D eigenvalue weighted by atomic mass is 16.5. The maximum atomic E-state index is 11.9. The van der Waals surface area contributed by atoms with Crippen molar-refractivity contribution in [2.75, 3.05) is 19.7 Å². The first kappa shape index (κ1) is 15.4. The van der Waals surface area contributed by atoms with E-state index in [2.05, 4.69) is 9.97 Å². The van der Waals surface area contributed by atoms with Crippen molar-refractivity contribution in [3.05, 3.63) is 24.3 Å². The predicted octanol–water partition coefficient (Wildman–Crippen LogP) is 0.501. The Morgan fingerprint density at radius 2 is 2.29 bits per heavy atom. The number of carbonyl (C=O) groups is 2. The van der Waals surface area contributed by atoms with Crippen LogP contribution in [0.2, 0.25) is 0 Å². The SMILES string of the molecule is O=C(O)CCC(=O)N1CCO[C@H](CCc2ccncn2)C1. The monoisotopic (exact) mass is 293 g/mol. The largest absolute Gasteiger partial charge is 0.481 e. The fourth-order valence-corrected chi connectivity index (χ4v) is 2.27. The standard InChI is InChI=1S/C14H19N3O4/c18-13(3-4-14(19)20)17-7-8-21-12(9-17)2-1-11-5-6-15-10-16-11/h5-6,10,12H,1-4,7-9H2,(H,19,20)/t12-/m1/s1. The summed E-state index contributed by atoms with van der Waals surface area (Å²) in [6.45, 7) is 1.54. The van der Waals surface area contributed by atoms with Gasteiger partial charge in [-0.25, -0.2) is 9.97 Å². The van der Waals surface area contributed by atoms with Gasteiger partial charge in [0.2, 0.25) is 5.91 Å². The second kappa shape index (κ2) is 7.68. The van der Waals surface area contributed by atoms with Gasteiger partial charge in [-0.3, -0.25) is 9.59 Å². The molecule has 2 rings (SSSR count). The molecule has 0 spiro atoms. The molecule has 1 aromatic heterocycles. The summed E-state index contributed by atoms with van der Waals surface area (Å²) in [5.41, 5.74) is 0.947. The molecule has 0 bridgehead atoms. The number of carboxylic acid groups (broad SMARTS) is 1. The molecular weight excluding hydrogens is 274 g/mol. The normalized spacial score (nSPS) is 18.5. The second-order valence-corrected chi connectivity index (χ2v) is 4.97. The van der Waals surface area contributed by atoms with Crippen LogP contribution in [0.3, 0.4) is 0 Å². The minimum atomic E-state index is -0.947. The molecule has 1 fully saturated rings. The van der Waals surface area contributed by atoms with Gasteiger partial charge in [0.25, 0.3) is 0 Å². The maximum Gasteiger partial charge on any atom is 0.303 e. The third kappa shape index (κ3) is 5.11. The highest BCUT2D eigenvalue weighted by Gasteiger charge is 2.24. The molecule has 0 aliphatic carbocycles. The van der Waals surface area contributed by atoms with Gasteiger partial charge in [0.1, 0.15) is 6.33 Å². The van der Waals surface area contributed by atoms with Crippen LogP contribution < -0.4 is 0 Å². The summed E-state index contributed by atoms with van der Waals surface area (Å²) in [7, 11) is 0. The molecule has 1 saturated heterocycles. The van der Waals surface area contributed by atoms with Gasteiger partial charge >= 0.3 is 5.97 Å². The number of ether oxygens (including phenoxy) is 1. The molecule has 1 aromatic rings. The Hall–Kier alpha value is -2.02. The van der Waals surface area contributed by atoms with E-state index in [1.807, 2.05) is 6.07 Å². The van der Waals surface area contributed by atoms with Crippen LogP contribution in [-0.2, 0) is 20.7 Å². The zero-order valence-electron chi connectivity index (χ0n) is 11.8. The summed E-state index contributed by atoms with van der Waals surface area (Å²) in [5, 5.41) is 8.62. The number of hydrogen-bond donors (Lipinski definition) is 1. The second-order valence-electron chi connectivity index (χ2n) is 4.97. The fraction of sp³-hybridized carbons (Fsp3) is 0.571. The molecule has 2 heterocycles. The Kier molecular flexibility index (Phi) is 5.62. The molecule has 7 nitrogen and oxygen atoms in total. The average molecular weight is 293 g/mol. The minimum absolute atomic E-state index is 0.0255. The number of aromatic nitrogens is 2. The van der Waals surface area contributed by atoms with Gasteiger partial charge in [-0.1, -0.05) is 0 Å². The van der Waals surface area contributed by atoms with E-state index < -0.39 is 5.97 Å². The molecule has 114 valence electrons. The lowest BCUT2D eigenvalue weighted by Crippen LogP contribution is -2.45. The summed E-state index contributed by atoms with van der Waals surface area (Å²) in [6.07, 6.45) is 4.66. The molecule has 21 heavy (non-hydrogen) atoms. The van der Waals surface area contributed by atoms with Crippen LogP contribution in [0.15, 0.2) is 18.6 Å². The number of carbonyl (C=O) groups excluding carboxylic acids is 1. The van der Waals surface area contributed by atoms with Crippen molar-refractivity contribution in [2.45, 2.75) is 31.8 Å². The maximum absolute atomic E-state index is 11.9. The molecule has 7 heteroatoms. The van der Waals surface area contributed by atoms with E-state index >= 15 is 0 Å². The van der Waals surface area contributed by atoms with Gasteiger partial charge in [0.05, 0.1) is 19.1 Å². The lowest BCUT2D eigenvalue weighted by molar-refractivity contribution is -0.144. The van der Waals surface area contributed by atoms with Crippen molar-refractivity contribution < 1.29 is 19.4 Å². The lowest BCUT2D eigenvalue weighted by Gasteiger charge is -2.33. The Bertz CT molecular complexity index is 480. The summed E-state index contributed by atoms with van der Waals surface area (Å²) >= 11 is 0. The van der Waals surface area contributed by atoms with Crippen molar-refractivity contribution in [3.63, 3.8) is 0 Å². The number of hydrogen-bond acceptors (Lipinski definition) is 5. The zero-order valence-corrected chi connectivity index (χ0v) is 11.8. The Balaban J connectivity index is 1.77. The number of aryl methyl sites for hydroxylation is 1. The number of aliphatic carboxylic acids is 1. The lowest BCUT2D eigenvalue weighted by atomic mass is 10.1. The third-order valence-corrected chi connectivity index (χ3v) is 3.41. The number of carboxylic acids is 1. The molecule has 0 radical (unpaired) electrons. The minimum Gasteiger partial charge on any atom is -0.481 e. The van der Waals surface area contributed by atoms with Crippen molar-refractivity contribution in [3.8, 4) is 0 Å². The van der Waals surface area contributed by atoms with E-state index in [1.54, 1.807) is 11.1 Å². The Morgan fingerprint density at radius 3 is 3.00 bits per heavy atom. The van der Waals surface area contributed by atoms with Crippen LogP contribution in [0.4, 0.5) is 0 Å². The van der Waals surface area contributed by atoms with Crippen LogP contribution in [-0.4, -0.2) is 57.7 Å². The smallest absolute Gasteiger partial charge is 0.303 e.